The molecule has 0 radical (unpaired) electrons. The summed E-state index contributed by atoms with van der Waals surface area (Å²) in [5.74, 6) is 0.498. The van der Waals surface area contributed by atoms with E-state index in [1.807, 2.05) is 0 Å². The molecule has 4 nitrogen and oxygen atoms in total. The third-order valence-electron chi connectivity index (χ3n) is 2.87. The van der Waals surface area contributed by atoms with Crippen molar-refractivity contribution in [1.29, 1.82) is 0 Å². The van der Waals surface area contributed by atoms with Crippen LogP contribution in [-0.4, -0.2) is 58.1 Å². The number of hydrogen-bond acceptors (Lipinski definition) is 4. The first-order valence-electron chi connectivity index (χ1n) is 7.76. The summed E-state index contributed by atoms with van der Waals surface area (Å²) in [6.45, 7) is 12.2. The van der Waals surface area contributed by atoms with Crippen molar-refractivity contribution in [3.63, 3.8) is 0 Å². The highest BCUT2D eigenvalue weighted by Crippen LogP contribution is 2.07. The summed E-state index contributed by atoms with van der Waals surface area (Å²) in [6, 6.07) is 0. The summed E-state index contributed by atoms with van der Waals surface area (Å²) in [6.07, 6.45) is 2.29. The van der Waals surface area contributed by atoms with Gasteiger partial charge in [0.05, 0.1) is 33.0 Å². The number of halogens is 1. The minimum absolute atomic E-state index is 0.186. The van der Waals surface area contributed by atoms with Gasteiger partial charge in [0, 0.05) is 25.1 Å². The molecule has 5 heteroatoms. The van der Waals surface area contributed by atoms with Crippen molar-refractivity contribution in [3.05, 3.63) is 0 Å². The lowest BCUT2D eigenvalue weighted by molar-refractivity contribution is 0.0146. The van der Waals surface area contributed by atoms with Gasteiger partial charge in [-0.3, -0.25) is 0 Å². The number of hydrogen-bond donors (Lipinski definition) is 1. The Bertz CT molecular complexity index is 194. The van der Waals surface area contributed by atoms with Crippen molar-refractivity contribution in [2.75, 3.05) is 52.7 Å². The van der Waals surface area contributed by atoms with E-state index in [1.165, 1.54) is 6.42 Å². The van der Waals surface area contributed by atoms with Gasteiger partial charge >= 0.3 is 0 Å². The maximum Gasteiger partial charge on any atom is 0.0701 e. The standard InChI is InChI=1S/C15H32ClNO3/c1-4-5-7-18-9-11-20-12-10-19-8-6-17-13-15(16)14(2)3/h14-15,17H,4-13H2,1-3H3. The van der Waals surface area contributed by atoms with Crippen molar-refractivity contribution < 1.29 is 14.2 Å². The van der Waals surface area contributed by atoms with Crippen molar-refractivity contribution in [2.24, 2.45) is 5.92 Å². The molecule has 0 aromatic heterocycles. The van der Waals surface area contributed by atoms with Crippen molar-refractivity contribution >= 4 is 11.6 Å². The van der Waals surface area contributed by atoms with E-state index in [2.05, 4.69) is 26.1 Å². The zero-order chi connectivity index (χ0) is 15.1. The molecule has 0 saturated carbocycles. The summed E-state index contributed by atoms with van der Waals surface area (Å²) in [5.41, 5.74) is 0. The summed E-state index contributed by atoms with van der Waals surface area (Å²) < 4.78 is 16.2. The quantitative estimate of drug-likeness (QED) is 0.373. The second kappa shape index (κ2) is 15.5. The van der Waals surface area contributed by atoms with Crippen LogP contribution >= 0.6 is 11.6 Å². The van der Waals surface area contributed by atoms with E-state index < -0.39 is 0 Å². The van der Waals surface area contributed by atoms with Crippen molar-refractivity contribution in [1.82, 2.24) is 5.32 Å². The van der Waals surface area contributed by atoms with E-state index >= 15 is 0 Å². The molecule has 0 rings (SSSR count). The van der Waals surface area contributed by atoms with Gasteiger partial charge in [-0.15, -0.1) is 11.6 Å². The largest absolute Gasteiger partial charge is 0.379 e. The lowest BCUT2D eigenvalue weighted by atomic mass is 10.1. The third-order valence-corrected chi connectivity index (χ3v) is 3.53. The SMILES string of the molecule is CCCCOCCOCCOCCNCC(Cl)C(C)C. The van der Waals surface area contributed by atoms with Gasteiger partial charge in [0.2, 0.25) is 0 Å². The van der Waals surface area contributed by atoms with Crippen LogP contribution in [0.5, 0.6) is 0 Å². The van der Waals surface area contributed by atoms with Crippen LogP contribution in [0.1, 0.15) is 33.6 Å². The van der Waals surface area contributed by atoms with Crippen LogP contribution in [0.25, 0.3) is 0 Å². The number of unbranched alkanes of at least 4 members (excludes halogenated alkanes) is 1. The van der Waals surface area contributed by atoms with E-state index in [-0.39, 0.29) is 5.38 Å². The molecule has 0 aliphatic heterocycles. The molecule has 0 bridgehead atoms. The van der Waals surface area contributed by atoms with E-state index in [1.54, 1.807) is 0 Å². The van der Waals surface area contributed by atoms with Crippen molar-refractivity contribution in [3.8, 4) is 0 Å². The molecule has 0 fully saturated rings. The van der Waals surface area contributed by atoms with Crippen LogP contribution in [-0.2, 0) is 14.2 Å². The monoisotopic (exact) mass is 309 g/mol. The first-order valence-corrected chi connectivity index (χ1v) is 8.20. The summed E-state index contributed by atoms with van der Waals surface area (Å²) in [5, 5.41) is 3.47. The van der Waals surface area contributed by atoms with Gasteiger partial charge < -0.3 is 19.5 Å². The lowest BCUT2D eigenvalue weighted by Gasteiger charge is -2.14. The van der Waals surface area contributed by atoms with E-state index in [4.69, 9.17) is 25.8 Å². The fourth-order valence-electron chi connectivity index (χ4n) is 1.41. The normalized spacial score (nSPS) is 13.1. The highest BCUT2D eigenvalue weighted by Gasteiger charge is 2.07. The molecule has 0 aliphatic rings. The summed E-state index contributed by atoms with van der Waals surface area (Å²) in [4.78, 5) is 0. The lowest BCUT2D eigenvalue weighted by Crippen LogP contribution is -2.29. The zero-order valence-corrected chi connectivity index (χ0v) is 14.1. The topological polar surface area (TPSA) is 39.7 Å². The second-order valence-electron chi connectivity index (χ2n) is 5.15. The fourth-order valence-corrected chi connectivity index (χ4v) is 1.52. The van der Waals surface area contributed by atoms with E-state index in [0.717, 1.165) is 26.1 Å². The molecular weight excluding hydrogens is 278 g/mol. The van der Waals surface area contributed by atoms with Gasteiger partial charge in [0.25, 0.3) is 0 Å². The number of alkyl halides is 1. The van der Waals surface area contributed by atoms with Gasteiger partial charge in [0.1, 0.15) is 0 Å². The maximum atomic E-state index is 6.12. The predicted octanol–water partition coefficient (Wildman–Crippen LogP) is 2.69. The molecule has 0 heterocycles. The number of ether oxygens (including phenoxy) is 3. The van der Waals surface area contributed by atoms with Gasteiger partial charge in [-0.25, -0.2) is 0 Å². The van der Waals surface area contributed by atoms with Crippen LogP contribution in [0.2, 0.25) is 0 Å². The Balaban J connectivity index is 3.03. The Morgan fingerprint density at radius 3 is 2.00 bits per heavy atom. The average molecular weight is 310 g/mol. The molecular formula is C15H32ClNO3. The summed E-state index contributed by atoms with van der Waals surface area (Å²) >= 11 is 6.12. The van der Waals surface area contributed by atoms with Gasteiger partial charge in [-0.05, 0) is 12.3 Å². The van der Waals surface area contributed by atoms with Gasteiger partial charge in [-0.1, -0.05) is 27.2 Å². The molecule has 0 aromatic rings. The summed E-state index contributed by atoms with van der Waals surface area (Å²) in [7, 11) is 0. The van der Waals surface area contributed by atoms with E-state index in [0.29, 0.717) is 39.0 Å². The predicted molar refractivity (Wildman–Crippen MR) is 84.7 cm³/mol. The molecule has 0 aromatic carbocycles. The molecule has 0 aliphatic carbocycles. The van der Waals surface area contributed by atoms with Gasteiger partial charge in [0.15, 0.2) is 0 Å². The highest BCUT2D eigenvalue weighted by atomic mass is 35.5. The molecule has 20 heavy (non-hydrogen) atoms. The van der Waals surface area contributed by atoms with Crippen LogP contribution < -0.4 is 5.32 Å². The van der Waals surface area contributed by atoms with Crippen molar-refractivity contribution in [2.45, 2.75) is 39.0 Å². The highest BCUT2D eigenvalue weighted by molar-refractivity contribution is 6.20. The third kappa shape index (κ3) is 14.5. The molecule has 1 N–H and O–H groups in total. The Kier molecular flexibility index (Phi) is 15.6. The first-order chi connectivity index (χ1) is 9.68. The molecule has 0 amide bonds. The maximum absolute atomic E-state index is 6.12. The molecule has 0 spiro atoms. The van der Waals surface area contributed by atoms with Crippen LogP contribution in [0.4, 0.5) is 0 Å². The first kappa shape index (κ1) is 20.1. The number of rotatable bonds is 15. The smallest absolute Gasteiger partial charge is 0.0701 e. The Hall–Kier alpha value is 0.130. The number of nitrogens with one attached hydrogen (secondary N) is 1. The molecule has 1 unspecified atom stereocenters. The Morgan fingerprint density at radius 1 is 0.900 bits per heavy atom. The molecule has 122 valence electrons. The average Bonchev–Trinajstić information content (AvgIpc) is 2.43. The zero-order valence-electron chi connectivity index (χ0n) is 13.3. The Morgan fingerprint density at radius 2 is 1.45 bits per heavy atom. The van der Waals surface area contributed by atoms with Gasteiger partial charge in [-0.2, -0.15) is 0 Å². The molecule has 1 atom stereocenters. The second-order valence-corrected chi connectivity index (χ2v) is 5.72. The van der Waals surface area contributed by atoms with Crippen LogP contribution in [0.15, 0.2) is 0 Å². The van der Waals surface area contributed by atoms with E-state index in [9.17, 15) is 0 Å². The van der Waals surface area contributed by atoms with Crippen LogP contribution in [0.3, 0.4) is 0 Å². The molecule has 0 saturated heterocycles. The van der Waals surface area contributed by atoms with Crippen LogP contribution in [0, 0.1) is 5.92 Å². The minimum atomic E-state index is 0.186. The Labute approximate surface area is 129 Å². The fraction of sp³-hybridized carbons (Fsp3) is 1.00. The minimum Gasteiger partial charge on any atom is -0.379 e.